The molecule has 1 aromatic carbocycles. The number of hydrogen-bond donors (Lipinski definition) is 0. The number of alkyl halides is 1. The molecule has 1 aliphatic carbocycles. The van der Waals surface area contributed by atoms with Crippen molar-refractivity contribution in [1.29, 1.82) is 0 Å². The lowest BCUT2D eigenvalue weighted by Gasteiger charge is -2.25. The molecule has 2 aromatic rings. The highest BCUT2D eigenvalue weighted by molar-refractivity contribution is 6.17. The Labute approximate surface area is 126 Å². The first-order valence-electron chi connectivity index (χ1n) is 7.63. The number of aryl methyl sites for hydroxylation is 2. The van der Waals surface area contributed by atoms with Crippen molar-refractivity contribution in [2.75, 3.05) is 5.88 Å². The summed E-state index contributed by atoms with van der Waals surface area (Å²) in [6.45, 7) is 5.65. The average Bonchev–Trinajstić information content (AvgIpc) is 2.97. The van der Waals surface area contributed by atoms with E-state index in [0.29, 0.717) is 11.3 Å². The van der Waals surface area contributed by atoms with Crippen LogP contribution in [0.3, 0.4) is 0 Å². The summed E-state index contributed by atoms with van der Waals surface area (Å²) in [7, 11) is 0. The third-order valence-electron chi connectivity index (χ3n) is 4.65. The predicted octanol–water partition coefficient (Wildman–Crippen LogP) is 4.71. The average molecular weight is 291 g/mol. The zero-order valence-electron chi connectivity index (χ0n) is 12.5. The number of nitrogens with zero attached hydrogens (tertiary/aromatic N) is 2. The summed E-state index contributed by atoms with van der Waals surface area (Å²) in [5.41, 5.74) is 4.11. The molecule has 1 fully saturated rings. The molecule has 0 amide bonds. The molecule has 3 rings (SSSR count). The molecule has 1 aromatic heterocycles. The minimum Gasteiger partial charge on any atom is -0.327 e. The maximum atomic E-state index is 5.96. The Bertz CT molecular complexity index is 609. The molecule has 0 aliphatic heterocycles. The molecule has 0 spiro atoms. The SMILES string of the molecule is Cc1ccc2nc(CCCl)n(CC3(C)CCCC3)c2c1. The van der Waals surface area contributed by atoms with Crippen LogP contribution in [0.2, 0.25) is 0 Å². The van der Waals surface area contributed by atoms with Crippen LogP contribution < -0.4 is 0 Å². The van der Waals surface area contributed by atoms with Crippen LogP contribution in [0.25, 0.3) is 11.0 Å². The molecule has 20 heavy (non-hydrogen) atoms. The molecule has 0 N–H and O–H groups in total. The third kappa shape index (κ3) is 2.58. The Hall–Kier alpha value is -1.02. The van der Waals surface area contributed by atoms with Gasteiger partial charge in [-0.15, -0.1) is 11.6 Å². The molecule has 0 atom stereocenters. The standard InChI is InChI=1S/C17H23ClN2/c1-13-5-6-14-15(11-13)20(16(19-14)7-10-18)12-17(2)8-3-4-9-17/h5-6,11H,3-4,7-10,12H2,1-2H3. The van der Waals surface area contributed by atoms with Gasteiger partial charge in [0.25, 0.3) is 0 Å². The lowest BCUT2D eigenvalue weighted by molar-refractivity contribution is 0.282. The lowest BCUT2D eigenvalue weighted by Crippen LogP contribution is -2.21. The summed E-state index contributed by atoms with van der Waals surface area (Å²) < 4.78 is 2.43. The van der Waals surface area contributed by atoms with Gasteiger partial charge in [0.1, 0.15) is 5.82 Å². The molecule has 1 aliphatic rings. The van der Waals surface area contributed by atoms with Crippen LogP contribution >= 0.6 is 11.6 Å². The quantitative estimate of drug-likeness (QED) is 0.746. The van der Waals surface area contributed by atoms with Gasteiger partial charge < -0.3 is 4.57 Å². The van der Waals surface area contributed by atoms with Crippen molar-refractivity contribution >= 4 is 22.6 Å². The van der Waals surface area contributed by atoms with Gasteiger partial charge >= 0.3 is 0 Å². The highest BCUT2D eigenvalue weighted by Crippen LogP contribution is 2.40. The van der Waals surface area contributed by atoms with Crippen molar-refractivity contribution in [3.05, 3.63) is 29.6 Å². The van der Waals surface area contributed by atoms with Crippen molar-refractivity contribution in [2.24, 2.45) is 5.41 Å². The molecule has 1 saturated carbocycles. The van der Waals surface area contributed by atoms with Crippen molar-refractivity contribution in [1.82, 2.24) is 9.55 Å². The first kappa shape index (κ1) is 13.9. The van der Waals surface area contributed by atoms with Crippen LogP contribution in [0.5, 0.6) is 0 Å². The zero-order valence-corrected chi connectivity index (χ0v) is 13.2. The van der Waals surface area contributed by atoms with Gasteiger partial charge in [-0.1, -0.05) is 25.8 Å². The van der Waals surface area contributed by atoms with Gasteiger partial charge in [0.2, 0.25) is 0 Å². The summed E-state index contributed by atoms with van der Waals surface area (Å²) in [6.07, 6.45) is 6.25. The number of hydrogen-bond acceptors (Lipinski definition) is 1. The second-order valence-electron chi connectivity index (χ2n) is 6.56. The number of benzene rings is 1. The maximum absolute atomic E-state index is 5.96. The van der Waals surface area contributed by atoms with Crippen LogP contribution in [-0.4, -0.2) is 15.4 Å². The van der Waals surface area contributed by atoms with Gasteiger partial charge in [-0.2, -0.15) is 0 Å². The monoisotopic (exact) mass is 290 g/mol. The smallest absolute Gasteiger partial charge is 0.111 e. The van der Waals surface area contributed by atoms with E-state index in [1.807, 2.05) is 0 Å². The van der Waals surface area contributed by atoms with E-state index in [1.54, 1.807) is 0 Å². The predicted molar refractivity (Wildman–Crippen MR) is 85.5 cm³/mol. The Morgan fingerprint density at radius 2 is 2.05 bits per heavy atom. The van der Waals surface area contributed by atoms with Crippen LogP contribution in [0.4, 0.5) is 0 Å². The topological polar surface area (TPSA) is 17.8 Å². The summed E-state index contributed by atoms with van der Waals surface area (Å²) in [4.78, 5) is 4.80. The number of aromatic nitrogens is 2. The van der Waals surface area contributed by atoms with Crippen molar-refractivity contribution in [3.63, 3.8) is 0 Å². The van der Waals surface area contributed by atoms with Crippen molar-refractivity contribution in [3.8, 4) is 0 Å². The van der Waals surface area contributed by atoms with Crippen molar-refractivity contribution < 1.29 is 0 Å². The number of fused-ring (bicyclic) bond motifs is 1. The number of rotatable bonds is 4. The fourth-order valence-electron chi connectivity index (χ4n) is 3.50. The highest BCUT2D eigenvalue weighted by atomic mass is 35.5. The molecule has 0 saturated heterocycles. The van der Waals surface area contributed by atoms with E-state index in [1.165, 1.54) is 36.8 Å². The van der Waals surface area contributed by atoms with E-state index in [4.69, 9.17) is 16.6 Å². The second-order valence-corrected chi connectivity index (χ2v) is 6.94. The van der Waals surface area contributed by atoms with E-state index in [2.05, 4.69) is 36.6 Å². The van der Waals surface area contributed by atoms with E-state index in [-0.39, 0.29) is 0 Å². The van der Waals surface area contributed by atoms with Crippen molar-refractivity contribution in [2.45, 2.75) is 52.5 Å². The Balaban J connectivity index is 2.05. The Kier molecular flexibility index (Phi) is 3.76. The van der Waals surface area contributed by atoms with Crippen LogP contribution in [-0.2, 0) is 13.0 Å². The van der Waals surface area contributed by atoms with E-state index < -0.39 is 0 Å². The molecule has 0 bridgehead atoms. The summed E-state index contributed by atoms with van der Waals surface area (Å²) >= 11 is 5.96. The molecular formula is C17H23ClN2. The van der Waals surface area contributed by atoms with Gasteiger partial charge in [-0.25, -0.2) is 4.98 Å². The molecule has 108 valence electrons. The first-order valence-corrected chi connectivity index (χ1v) is 8.16. The summed E-state index contributed by atoms with van der Waals surface area (Å²) in [6, 6.07) is 6.54. The van der Waals surface area contributed by atoms with Crippen LogP contribution in [0, 0.1) is 12.3 Å². The maximum Gasteiger partial charge on any atom is 0.111 e. The Morgan fingerprint density at radius 3 is 2.75 bits per heavy atom. The minimum atomic E-state index is 0.429. The van der Waals surface area contributed by atoms with E-state index in [0.717, 1.165) is 24.3 Å². The van der Waals surface area contributed by atoms with E-state index >= 15 is 0 Å². The molecule has 2 nitrogen and oxygen atoms in total. The lowest BCUT2D eigenvalue weighted by atomic mass is 9.88. The van der Waals surface area contributed by atoms with Gasteiger partial charge in [-0.3, -0.25) is 0 Å². The molecule has 0 radical (unpaired) electrons. The summed E-state index contributed by atoms with van der Waals surface area (Å²) in [5, 5.41) is 0. The molecule has 3 heteroatoms. The normalized spacial score (nSPS) is 17.9. The molecule has 0 unspecified atom stereocenters. The number of imidazole rings is 1. The largest absolute Gasteiger partial charge is 0.327 e. The van der Waals surface area contributed by atoms with Gasteiger partial charge in [0.05, 0.1) is 11.0 Å². The first-order chi connectivity index (χ1) is 9.61. The fraction of sp³-hybridized carbons (Fsp3) is 0.588. The van der Waals surface area contributed by atoms with Crippen LogP contribution in [0.15, 0.2) is 18.2 Å². The highest BCUT2D eigenvalue weighted by Gasteiger charge is 2.30. The van der Waals surface area contributed by atoms with Gasteiger partial charge in [0, 0.05) is 18.8 Å². The minimum absolute atomic E-state index is 0.429. The molecule has 1 heterocycles. The zero-order chi connectivity index (χ0) is 14.2. The third-order valence-corrected chi connectivity index (χ3v) is 4.84. The fourth-order valence-corrected chi connectivity index (χ4v) is 3.67. The van der Waals surface area contributed by atoms with Gasteiger partial charge in [-0.05, 0) is 42.9 Å². The van der Waals surface area contributed by atoms with Gasteiger partial charge in [0.15, 0.2) is 0 Å². The number of halogens is 1. The second kappa shape index (κ2) is 5.40. The van der Waals surface area contributed by atoms with E-state index in [9.17, 15) is 0 Å². The Morgan fingerprint density at radius 1 is 1.30 bits per heavy atom. The molecular weight excluding hydrogens is 268 g/mol. The van der Waals surface area contributed by atoms with Crippen LogP contribution in [0.1, 0.15) is 44.0 Å². The summed E-state index contributed by atoms with van der Waals surface area (Å²) in [5.74, 6) is 1.78.